The van der Waals surface area contributed by atoms with E-state index in [0.29, 0.717) is 26.8 Å². The molecule has 0 fully saturated rings. The first-order valence-electron chi connectivity index (χ1n) is 9.67. The molecule has 4 nitrogen and oxygen atoms in total. The molecule has 32 heavy (non-hydrogen) atoms. The summed E-state index contributed by atoms with van der Waals surface area (Å²) in [7, 11) is 0. The Kier molecular flexibility index (Phi) is 7.33. The number of halogens is 3. The number of benzene rings is 3. The van der Waals surface area contributed by atoms with E-state index in [4.69, 9.17) is 39.5 Å². The molecular weight excluding hydrogens is 485 g/mol. The second-order valence-electron chi connectivity index (χ2n) is 6.91. The van der Waals surface area contributed by atoms with Gasteiger partial charge in [-0.05, 0) is 72.6 Å². The third kappa shape index (κ3) is 5.81. The number of hydrogen-bond donors (Lipinski definition) is 1. The van der Waals surface area contributed by atoms with Gasteiger partial charge in [0.1, 0.15) is 12.4 Å². The van der Waals surface area contributed by atoms with Gasteiger partial charge in [0.05, 0.1) is 16.4 Å². The van der Waals surface area contributed by atoms with Crippen LogP contribution in [0.1, 0.15) is 18.1 Å². The predicted octanol–water partition coefficient (Wildman–Crippen LogP) is 8.19. The van der Waals surface area contributed by atoms with E-state index in [2.05, 4.69) is 15.5 Å². The van der Waals surface area contributed by atoms with E-state index in [1.807, 2.05) is 66.9 Å². The topological polar surface area (TPSA) is 46.5 Å². The summed E-state index contributed by atoms with van der Waals surface area (Å²) in [6, 6.07) is 20.7. The van der Waals surface area contributed by atoms with Crippen LogP contribution in [0.25, 0.3) is 11.3 Å². The highest BCUT2D eigenvalue weighted by atomic mass is 35.5. The molecule has 0 spiro atoms. The Morgan fingerprint density at radius 3 is 2.41 bits per heavy atom. The van der Waals surface area contributed by atoms with Crippen molar-refractivity contribution in [1.29, 1.82) is 0 Å². The van der Waals surface area contributed by atoms with Crippen molar-refractivity contribution < 1.29 is 4.74 Å². The van der Waals surface area contributed by atoms with Crippen molar-refractivity contribution in [2.24, 2.45) is 5.10 Å². The van der Waals surface area contributed by atoms with Gasteiger partial charge in [-0.1, -0.05) is 46.9 Å². The van der Waals surface area contributed by atoms with Gasteiger partial charge < -0.3 is 4.74 Å². The quantitative estimate of drug-likeness (QED) is 0.205. The van der Waals surface area contributed by atoms with E-state index in [1.165, 1.54) is 11.3 Å². The normalized spacial score (nSPS) is 11.4. The van der Waals surface area contributed by atoms with E-state index < -0.39 is 0 Å². The zero-order chi connectivity index (χ0) is 22.5. The minimum atomic E-state index is 0.481. The fourth-order valence-electron chi connectivity index (χ4n) is 2.88. The number of nitrogens with zero attached hydrogens (tertiary/aromatic N) is 2. The molecule has 0 atom stereocenters. The summed E-state index contributed by atoms with van der Waals surface area (Å²) in [6.45, 7) is 2.41. The summed E-state index contributed by atoms with van der Waals surface area (Å²) in [6.07, 6.45) is 0. The Bertz CT molecular complexity index is 1240. The van der Waals surface area contributed by atoms with E-state index >= 15 is 0 Å². The second-order valence-corrected chi connectivity index (χ2v) is 9.05. The third-order valence-corrected chi connectivity index (χ3v) is 6.17. The van der Waals surface area contributed by atoms with Crippen molar-refractivity contribution in [2.45, 2.75) is 13.5 Å². The van der Waals surface area contributed by atoms with Crippen LogP contribution in [0.4, 0.5) is 5.13 Å². The highest BCUT2D eigenvalue weighted by Crippen LogP contribution is 2.32. The van der Waals surface area contributed by atoms with E-state index in [-0.39, 0.29) is 0 Å². The van der Waals surface area contributed by atoms with Gasteiger partial charge in [-0.25, -0.2) is 4.98 Å². The number of aromatic nitrogens is 1. The number of hydrazone groups is 1. The molecule has 0 amide bonds. The number of anilines is 1. The number of ether oxygens (including phenoxy) is 1. The molecule has 0 bridgehead atoms. The molecule has 1 N–H and O–H groups in total. The van der Waals surface area contributed by atoms with Crippen molar-refractivity contribution in [3.63, 3.8) is 0 Å². The van der Waals surface area contributed by atoms with Gasteiger partial charge in [0, 0.05) is 21.0 Å². The lowest BCUT2D eigenvalue weighted by Crippen LogP contribution is -2.00. The van der Waals surface area contributed by atoms with Gasteiger partial charge in [-0.3, -0.25) is 5.43 Å². The van der Waals surface area contributed by atoms with Crippen LogP contribution in [0.5, 0.6) is 5.75 Å². The molecule has 0 aliphatic rings. The molecule has 0 unspecified atom stereocenters. The van der Waals surface area contributed by atoms with Crippen LogP contribution in [0.15, 0.2) is 77.2 Å². The lowest BCUT2D eigenvalue weighted by atomic mass is 10.1. The van der Waals surface area contributed by atoms with Crippen LogP contribution >= 0.6 is 46.1 Å². The molecule has 8 heteroatoms. The summed E-state index contributed by atoms with van der Waals surface area (Å²) in [5, 5.41) is 8.91. The van der Waals surface area contributed by atoms with Gasteiger partial charge >= 0.3 is 0 Å². The first-order chi connectivity index (χ1) is 15.5. The zero-order valence-corrected chi connectivity index (χ0v) is 20.1. The molecule has 0 aliphatic carbocycles. The van der Waals surface area contributed by atoms with Crippen molar-refractivity contribution in [2.75, 3.05) is 5.43 Å². The zero-order valence-electron chi connectivity index (χ0n) is 17.0. The Morgan fingerprint density at radius 1 is 0.969 bits per heavy atom. The summed E-state index contributed by atoms with van der Waals surface area (Å²) < 4.78 is 5.83. The van der Waals surface area contributed by atoms with Gasteiger partial charge in [-0.15, -0.1) is 11.3 Å². The largest absolute Gasteiger partial charge is 0.489 e. The summed E-state index contributed by atoms with van der Waals surface area (Å²) in [4.78, 5) is 4.55. The first kappa shape index (κ1) is 22.6. The maximum Gasteiger partial charge on any atom is 0.203 e. The smallest absolute Gasteiger partial charge is 0.203 e. The van der Waals surface area contributed by atoms with Crippen molar-refractivity contribution in [3.8, 4) is 17.0 Å². The lowest BCUT2D eigenvalue weighted by Gasteiger charge is -2.08. The number of hydrogen-bond acceptors (Lipinski definition) is 5. The molecule has 0 radical (unpaired) electrons. The Hall–Kier alpha value is -2.57. The van der Waals surface area contributed by atoms with Crippen molar-refractivity contribution >= 4 is 57.0 Å². The van der Waals surface area contributed by atoms with Crippen LogP contribution in [0.3, 0.4) is 0 Å². The minimum Gasteiger partial charge on any atom is -0.489 e. The maximum absolute atomic E-state index is 6.27. The predicted molar refractivity (Wildman–Crippen MR) is 136 cm³/mol. The number of nitrogens with one attached hydrogen (secondary N) is 1. The molecule has 4 aromatic rings. The molecule has 3 aromatic carbocycles. The SMILES string of the molecule is C/C(=N/Nc1nc(-c2ccc(Cl)cc2Cl)cs1)c1ccc(OCc2ccc(Cl)cc2)cc1. The van der Waals surface area contributed by atoms with E-state index in [9.17, 15) is 0 Å². The molecule has 4 rings (SSSR count). The summed E-state index contributed by atoms with van der Waals surface area (Å²) in [5.41, 5.74) is 7.48. The molecule has 162 valence electrons. The highest BCUT2D eigenvalue weighted by molar-refractivity contribution is 7.14. The first-order valence-corrected chi connectivity index (χ1v) is 11.7. The molecule has 1 heterocycles. The number of rotatable bonds is 7. The van der Waals surface area contributed by atoms with Crippen molar-refractivity contribution in [3.05, 3.63) is 98.3 Å². The van der Waals surface area contributed by atoms with Crippen LogP contribution in [-0.4, -0.2) is 10.7 Å². The maximum atomic E-state index is 6.27. The van der Waals surface area contributed by atoms with Gasteiger partial charge in [0.2, 0.25) is 5.13 Å². The monoisotopic (exact) mass is 501 g/mol. The van der Waals surface area contributed by atoms with Crippen LogP contribution in [0.2, 0.25) is 15.1 Å². The molecular formula is C24H18Cl3N3OS. The fourth-order valence-corrected chi connectivity index (χ4v) is 4.17. The standard InChI is InChI=1S/C24H18Cl3N3OS/c1-15(17-4-9-20(10-5-17)31-13-16-2-6-18(25)7-3-16)29-30-24-28-23(14-32-24)21-11-8-19(26)12-22(21)27/h2-12,14H,13H2,1H3,(H,28,30)/b29-15-. The lowest BCUT2D eigenvalue weighted by molar-refractivity contribution is 0.306. The highest BCUT2D eigenvalue weighted by Gasteiger charge is 2.09. The van der Waals surface area contributed by atoms with Crippen LogP contribution in [-0.2, 0) is 6.61 Å². The second kappa shape index (κ2) is 10.4. The molecule has 1 aromatic heterocycles. The molecule has 0 saturated carbocycles. The van der Waals surface area contributed by atoms with Gasteiger partial charge in [-0.2, -0.15) is 5.10 Å². The van der Waals surface area contributed by atoms with Gasteiger partial charge in [0.25, 0.3) is 0 Å². The van der Waals surface area contributed by atoms with Crippen LogP contribution in [0, 0.1) is 0 Å². The van der Waals surface area contributed by atoms with E-state index in [0.717, 1.165) is 33.8 Å². The Balaban J connectivity index is 1.37. The summed E-state index contributed by atoms with van der Waals surface area (Å²) >= 11 is 19.6. The summed E-state index contributed by atoms with van der Waals surface area (Å²) in [5.74, 6) is 0.786. The molecule has 0 saturated heterocycles. The molecule has 0 aliphatic heterocycles. The van der Waals surface area contributed by atoms with E-state index in [1.54, 1.807) is 12.1 Å². The number of thiazole rings is 1. The third-order valence-electron chi connectivity index (χ3n) is 4.62. The van der Waals surface area contributed by atoms with Crippen LogP contribution < -0.4 is 10.2 Å². The van der Waals surface area contributed by atoms with Gasteiger partial charge in [0.15, 0.2) is 0 Å². The average Bonchev–Trinajstić information content (AvgIpc) is 3.26. The Morgan fingerprint density at radius 2 is 1.69 bits per heavy atom. The fraction of sp³-hybridized carbons (Fsp3) is 0.0833. The minimum absolute atomic E-state index is 0.481. The Labute approximate surface area is 205 Å². The van der Waals surface area contributed by atoms with Crippen molar-refractivity contribution in [1.82, 2.24) is 4.98 Å². The average molecular weight is 503 g/mol.